The number of hydrogen-bond acceptors (Lipinski definition) is 4. The lowest BCUT2D eigenvalue weighted by atomic mass is 9.88. The van der Waals surface area contributed by atoms with Crippen molar-refractivity contribution in [2.45, 2.75) is 63.8 Å². The van der Waals surface area contributed by atoms with E-state index in [0.29, 0.717) is 30.8 Å². The molecule has 3 aliphatic rings. The Bertz CT molecular complexity index is 956. The van der Waals surface area contributed by atoms with Crippen LogP contribution in [0, 0.1) is 11.8 Å². The van der Waals surface area contributed by atoms with Gasteiger partial charge in [0.15, 0.2) is 0 Å². The fourth-order valence-corrected chi connectivity index (χ4v) is 5.63. The average molecular weight is 454 g/mol. The number of aliphatic hydroxyl groups excluding tert-OH is 1. The van der Waals surface area contributed by atoms with Crippen LogP contribution in [-0.2, 0) is 11.3 Å². The van der Waals surface area contributed by atoms with Crippen LogP contribution in [0.2, 0.25) is 0 Å². The zero-order chi connectivity index (χ0) is 23.0. The number of nitrogens with one attached hydrogen (secondary N) is 1. The summed E-state index contributed by atoms with van der Waals surface area (Å²) < 4.78 is 41.0. The van der Waals surface area contributed by atoms with Gasteiger partial charge in [-0.25, -0.2) is 0 Å². The van der Waals surface area contributed by atoms with Crippen molar-refractivity contribution in [3.05, 3.63) is 39.8 Å². The van der Waals surface area contributed by atoms with Gasteiger partial charge in [-0.15, -0.1) is 0 Å². The highest BCUT2D eigenvalue weighted by molar-refractivity contribution is 5.82. The molecule has 0 radical (unpaired) electrons. The van der Waals surface area contributed by atoms with Crippen LogP contribution >= 0.6 is 0 Å². The third kappa shape index (κ3) is 4.12. The van der Waals surface area contributed by atoms with Crippen molar-refractivity contribution in [3.63, 3.8) is 0 Å². The van der Waals surface area contributed by atoms with Gasteiger partial charge in [-0.1, -0.05) is 13.0 Å². The van der Waals surface area contributed by atoms with Crippen molar-refractivity contribution in [2.24, 2.45) is 11.8 Å². The Morgan fingerprint density at radius 2 is 2.09 bits per heavy atom. The van der Waals surface area contributed by atoms with Crippen LogP contribution in [0.3, 0.4) is 0 Å². The molecule has 4 rings (SSSR count). The lowest BCUT2D eigenvalue weighted by molar-refractivity contribution is -0.143. The maximum absolute atomic E-state index is 13.2. The molecule has 4 atom stereocenters. The summed E-state index contributed by atoms with van der Waals surface area (Å²) >= 11 is 0. The molecule has 1 amide bonds. The Kier molecular flexibility index (Phi) is 6.49. The van der Waals surface area contributed by atoms with Gasteiger partial charge in [0.2, 0.25) is 5.91 Å². The second-order valence-corrected chi connectivity index (χ2v) is 9.00. The quantitative estimate of drug-likeness (QED) is 0.666. The van der Waals surface area contributed by atoms with Crippen molar-refractivity contribution in [2.75, 3.05) is 19.7 Å². The number of carbonyl (C=O) groups is 1. The van der Waals surface area contributed by atoms with Crippen molar-refractivity contribution >= 4 is 11.5 Å². The summed E-state index contributed by atoms with van der Waals surface area (Å²) in [7, 11) is 0. The SMILES string of the molecule is CCCNC(=O)[C@@H]1[C@@H](CO)[C@@H]2Cn3c(ccc(C4=CCCC4)c3=O)[C@@H]2N1CCC(F)(F)F. The number of rotatable bonds is 7. The van der Waals surface area contributed by atoms with E-state index in [4.69, 9.17) is 0 Å². The van der Waals surface area contributed by atoms with Crippen LogP contribution in [0.4, 0.5) is 13.2 Å². The number of fused-ring (bicyclic) bond motifs is 3. The minimum atomic E-state index is -4.37. The summed E-state index contributed by atoms with van der Waals surface area (Å²) in [5, 5.41) is 12.9. The molecule has 0 spiro atoms. The molecule has 6 nitrogen and oxygen atoms in total. The lowest BCUT2D eigenvalue weighted by Gasteiger charge is -2.31. The molecular weight excluding hydrogens is 423 g/mol. The molecule has 176 valence electrons. The zero-order valence-corrected chi connectivity index (χ0v) is 18.2. The molecule has 1 saturated heterocycles. The van der Waals surface area contributed by atoms with Crippen LogP contribution in [-0.4, -0.2) is 52.4 Å². The van der Waals surface area contributed by atoms with Gasteiger partial charge < -0.3 is 15.0 Å². The second kappa shape index (κ2) is 9.02. The lowest BCUT2D eigenvalue weighted by Crippen LogP contribution is -2.49. The molecule has 3 heterocycles. The molecule has 0 saturated carbocycles. The Morgan fingerprint density at radius 3 is 2.72 bits per heavy atom. The first-order valence-corrected chi connectivity index (χ1v) is 11.4. The number of aliphatic hydroxyl groups is 1. The minimum Gasteiger partial charge on any atom is -0.396 e. The van der Waals surface area contributed by atoms with Crippen molar-refractivity contribution in [1.29, 1.82) is 0 Å². The first-order chi connectivity index (χ1) is 15.3. The molecule has 1 fully saturated rings. The van der Waals surface area contributed by atoms with Gasteiger partial charge in [0.1, 0.15) is 0 Å². The fraction of sp³-hybridized carbons (Fsp3) is 0.652. The third-order valence-corrected chi connectivity index (χ3v) is 7.05. The summed E-state index contributed by atoms with van der Waals surface area (Å²) in [4.78, 5) is 27.7. The van der Waals surface area contributed by atoms with E-state index < -0.39 is 30.6 Å². The second-order valence-electron chi connectivity index (χ2n) is 9.00. The number of likely N-dealkylation sites (tertiary alicyclic amines) is 1. The Labute approximate surface area is 185 Å². The summed E-state index contributed by atoms with van der Waals surface area (Å²) in [5.41, 5.74) is 2.16. The molecule has 32 heavy (non-hydrogen) atoms. The standard InChI is InChI=1S/C23H30F3N3O3/c1-2-10-27-21(31)20-17(13-30)16-12-29-18(19(16)28(20)11-9-23(24,25)26)8-7-15(22(29)32)14-5-3-4-6-14/h5,7-8,16-17,19-20,30H,2-4,6,9-13H2,1H3,(H,27,31)/t16-,17-,19+,20-/m0/s1. The highest BCUT2D eigenvalue weighted by atomic mass is 19.4. The number of allylic oxidation sites excluding steroid dienone is 2. The number of carbonyl (C=O) groups excluding carboxylic acids is 1. The molecule has 9 heteroatoms. The molecule has 2 aliphatic heterocycles. The molecule has 2 N–H and O–H groups in total. The van der Waals surface area contributed by atoms with Crippen LogP contribution in [0.5, 0.6) is 0 Å². The van der Waals surface area contributed by atoms with Gasteiger partial charge >= 0.3 is 6.18 Å². The number of aromatic nitrogens is 1. The Hall–Kier alpha value is -2.13. The first-order valence-electron chi connectivity index (χ1n) is 11.4. The molecule has 0 aromatic carbocycles. The monoisotopic (exact) mass is 453 g/mol. The van der Waals surface area contributed by atoms with Gasteiger partial charge in [-0.05, 0) is 43.4 Å². The number of nitrogens with zero attached hydrogens (tertiary/aromatic N) is 2. The van der Waals surface area contributed by atoms with Crippen molar-refractivity contribution in [3.8, 4) is 0 Å². The predicted octanol–water partition coefficient (Wildman–Crippen LogP) is 2.86. The van der Waals surface area contributed by atoms with Gasteiger partial charge in [0.25, 0.3) is 5.56 Å². The fourth-order valence-electron chi connectivity index (χ4n) is 5.63. The van der Waals surface area contributed by atoms with Gasteiger partial charge in [0.05, 0.1) is 18.5 Å². The molecule has 1 aromatic heterocycles. The first kappa shape index (κ1) is 23.0. The van der Waals surface area contributed by atoms with E-state index in [-0.39, 0.29) is 30.5 Å². The summed E-state index contributed by atoms with van der Waals surface area (Å²) in [5.74, 6) is -1.20. The summed E-state index contributed by atoms with van der Waals surface area (Å²) in [6, 6.07) is 2.23. The predicted molar refractivity (Wildman–Crippen MR) is 114 cm³/mol. The summed E-state index contributed by atoms with van der Waals surface area (Å²) in [6.45, 7) is 1.94. The Balaban J connectivity index is 1.72. The molecule has 1 aromatic rings. The van der Waals surface area contributed by atoms with E-state index in [9.17, 15) is 27.9 Å². The van der Waals surface area contributed by atoms with Crippen LogP contribution in [0.1, 0.15) is 56.3 Å². The largest absolute Gasteiger partial charge is 0.396 e. The van der Waals surface area contributed by atoms with Crippen LogP contribution < -0.4 is 10.9 Å². The van der Waals surface area contributed by atoms with Gasteiger partial charge in [-0.2, -0.15) is 13.2 Å². The third-order valence-electron chi connectivity index (χ3n) is 7.05. The highest BCUT2D eigenvalue weighted by Crippen LogP contribution is 2.49. The van der Waals surface area contributed by atoms with E-state index >= 15 is 0 Å². The molecular formula is C23H30F3N3O3. The van der Waals surface area contributed by atoms with E-state index in [1.165, 1.54) is 0 Å². The van der Waals surface area contributed by atoms with Gasteiger partial charge in [0, 0.05) is 49.3 Å². The van der Waals surface area contributed by atoms with E-state index in [2.05, 4.69) is 11.4 Å². The molecule has 1 aliphatic carbocycles. The number of halogens is 3. The van der Waals surface area contributed by atoms with Crippen LogP contribution in [0.15, 0.2) is 23.0 Å². The van der Waals surface area contributed by atoms with Crippen molar-refractivity contribution in [1.82, 2.24) is 14.8 Å². The van der Waals surface area contributed by atoms with E-state index in [0.717, 1.165) is 24.8 Å². The summed E-state index contributed by atoms with van der Waals surface area (Å²) in [6.07, 6.45) is 0.143. The number of amides is 1. The minimum absolute atomic E-state index is 0.135. The zero-order valence-electron chi connectivity index (χ0n) is 18.2. The Morgan fingerprint density at radius 1 is 1.31 bits per heavy atom. The van der Waals surface area contributed by atoms with Crippen LogP contribution in [0.25, 0.3) is 5.57 Å². The molecule has 0 bridgehead atoms. The normalized spacial score (nSPS) is 27.3. The smallest absolute Gasteiger partial charge is 0.390 e. The maximum atomic E-state index is 13.2. The highest BCUT2D eigenvalue weighted by Gasteiger charge is 2.55. The number of hydrogen-bond donors (Lipinski definition) is 2. The van der Waals surface area contributed by atoms with Crippen molar-refractivity contribution < 1.29 is 23.1 Å². The topological polar surface area (TPSA) is 74.6 Å². The number of alkyl halides is 3. The van der Waals surface area contributed by atoms with E-state index in [1.54, 1.807) is 15.5 Å². The molecule has 0 unspecified atom stereocenters. The van der Waals surface area contributed by atoms with E-state index in [1.807, 2.05) is 13.0 Å². The average Bonchev–Trinajstić information content (AvgIpc) is 3.45. The maximum Gasteiger partial charge on any atom is 0.390 e. The number of pyridine rings is 1. The van der Waals surface area contributed by atoms with Gasteiger partial charge in [-0.3, -0.25) is 14.5 Å².